The van der Waals surface area contributed by atoms with Gasteiger partial charge in [0.2, 0.25) is 5.91 Å². The van der Waals surface area contributed by atoms with Crippen molar-refractivity contribution < 1.29 is 14.0 Å². The van der Waals surface area contributed by atoms with Crippen LogP contribution in [-0.4, -0.2) is 38.4 Å². The summed E-state index contributed by atoms with van der Waals surface area (Å²) in [4.78, 5) is 14.7. The summed E-state index contributed by atoms with van der Waals surface area (Å²) < 4.78 is 12.0. The summed E-state index contributed by atoms with van der Waals surface area (Å²) in [5, 5.41) is 0.147. The molecule has 1 saturated heterocycles. The number of hydrogen-bond donors (Lipinski definition) is 0. The second-order valence-electron chi connectivity index (χ2n) is 8.92. The monoisotopic (exact) mass is 389 g/mol. The van der Waals surface area contributed by atoms with Crippen LogP contribution in [0.25, 0.3) is 0 Å². The van der Waals surface area contributed by atoms with Gasteiger partial charge >= 0.3 is 0 Å². The first kappa shape index (κ1) is 21.7. The van der Waals surface area contributed by atoms with E-state index in [0.29, 0.717) is 13.0 Å². The van der Waals surface area contributed by atoms with E-state index in [2.05, 4.69) is 40.4 Å². The van der Waals surface area contributed by atoms with Gasteiger partial charge in [-0.25, -0.2) is 0 Å². The van der Waals surface area contributed by atoms with E-state index < -0.39 is 8.32 Å². The van der Waals surface area contributed by atoms with E-state index in [0.717, 1.165) is 24.2 Å². The lowest BCUT2D eigenvalue weighted by atomic mass is 9.95. The molecule has 1 aromatic rings. The van der Waals surface area contributed by atoms with Crippen molar-refractivity contribution in [2.45, 2.75) is 76.9 Å². The maximum Gasteiger partial charge on any atom is 0.223 e. The fourth-order valence-corrected chi connectivity index (χ4v) is 4.65. The molecule has 4 nitrogen and oxygen atoms in total. The Morgan fingerprint density at radius 1 is 1.26 bits per heavy atom. The van der Waals surface area contributed by atoms with Crippen LogP contribution < -0.4 is 4.74 Å². The second kappa shape index (κ2) is 8.61. The molecular formula is C22H35NO3Si. The van der Waals surface area contributed by atoms with Crippen LogP contribution in [0.15, 0.2) is 36.9 Å². The van der Waals surface area contributed by atoms with Crippen LogP contribution in [0.4, 0.5) is 0 Å². The first-order valence-corrected chi connectivity index (χ1v) is 12.7. The molecule has 0 N–H and O–H groups in total. The summed E-state index contributed by atoms with van der Waals surface area (Å²) in [7, 11) is -0.249. The molecule has 1 unspecified atom stereocenters. The Balaban J connectivity index is 2.22. The number of hydrogen-bond acceptors (Lipinski definition) is 3. The number of piperidine rings is 1. The van der Waals surface area contributed by atoms with Crippen LogP contribution in [0.2, 0.25) is 18.1 Å². The number of carbonyl (C=O) groups is 1. The molecule has 2 rings (SSSR count). The normalized spacial score (nSPS) is 21.3. The third-order valence-corrected chi connectivity index (χ3v) is 10.5. The van der Waals surface area contributed by atoms with E-state index in [1.54, 1.807) is 7.11 Å². The molecule has 1 aliphatic rings. The van der Waals surface area contributed by atoms with E-state index in [4.69, 9.17) is 9.16 Å². The molecule has 1 fully saturated rings. The number of nitrogens with zero attached hydrogens (tertiary/aromatic N) is 1. The van der Waals surface area contributed by atoms with Gasteiger partial charge in [-0.1, -0.05) is 39.0 Å². The Labute approximate surface area is 165 Å². The highest BCUT2D eigenvalue weighted by Gasteiger charge is 2.43. The first-order valence-electron chi connectivity index (χ1n) is 9.80. The minimum atomic E-state index is -1.91. The van der Waals surface area contributed by atoms with Crippen molar-refractivity contribution in [3.63, 3.8) is 0 Å². The molecule has 0 aliphatic carbocycles. The summed E-state index contributed by atoms with van der Waals surface area (Å²) in [6.45, 7) is 15.8. The number of likely N-dealkylation sites (tertiary alicyclic amines) is 1. The largest absolute Gasteiger partial charge is 0.497 e. The van der Waals surface area contributed by atoms with E-state index in [1.807, 2.05) is 35.2 Å². The van der Waals surface area contributed by atoms with Crippen molar-refractivity contribution in [2.24, 2.45) is 0 Å². The molecular weight excluding hydrogens is 354 g/mol. The van der Waals surface area contributed by atoms with Crippen molar-refractivity contribution in [2.75, 3.05) is 7.11 Å². The lowest BCUT2D eigenvalue weighted by Crippen LogP contribution is -2.55. The molecule has 0 bridgehead atoms. The summed E-state index contributed by atoms with van der Waals surface area (Å²) in [6.07, 6.45) is 4.07. The van der Waals surface area contributed by atoms with Gasteiger partial charge in [0, 0.05) is 13.0 Å². The number of amides is 1. The summed E-state index contributed by atoms with van der Waals surface area (Å²) in [5.41, 5.74) is 1.10. The Hall–Kier alpha value is -1.59. The number of ether oxygens (including phenoxy) is 1. The first-order chi connectivity index (χ1) is 12.6. The minimum Gasteiger partial charge on any atom is -0.497 e. The molecule has 150 valence electrons. The molecule has 2 atom stereocenters. The van der Waals surface area contributed by atoms with Crippen LogP contribution in [0, 0.1) is 0 Å². The van der Waals surface area contributed by atoms with Gasteiger partial charge in [0.15, 0.2) is 8.32 Å². The van der Waals surface area contributed by atoms with E-state index in [-0.39, 0.29) is 23.1 Å². The fourth-order valence-electron chi connectivity index (χ4n) is 3.26. The van der Waals surface area contributed by atoms with Gasteiger partial charge in [-0.3, -0.25) is 4.79 Å². The fraction of sp³-hybridized carbons (Fsp3) is 0.591. The van der Waals surface area contributed by atoms with Crippen LogP contribution in [0.1, 0.15) is 45.6 Å². The predicted molar refractivity (Wildman–Crippen MR) is 113 cm³/mol. The number of carbonyl (C=O) groups excluding carboxylic acids is 1. The number of rotatable bonds is 7. The highest BCUT2D eigenvalue weighted by Crippen LogP contribution is 2.39. The zero-order valence-electron chi connectivity index (χ0n) is 17.7. The van der Waals surface area contributed by atoms with Crippen molar-refractivity contribution in [3.8, 4) is 5.75 Å². The van der Waals surface area contributed by atoms with Gasteiger partial charge in [0.1, 0.15) is 5.75 Å². The zero-order chi connectivity index (χ0) is 20.2. The number of benzene rings is 1. The van der Waals surface area contributed by atoms with Gasteiger partial charge in [0.25, 0.3) is 0 Å². The van der Waals surface area contributed by atoms with E-state index in [9.17, 15) is 4.79 Å². The highest BCUT2D eigenvalue weighted by atomic mass is 28.4. The molecule has 0 aromatic heterocycles. The van der Waals surface area contributed by atoms with Gasteiger partial charge < -0.3 is 14.1 Å². The standard InChI is InChI=1S/C22H35NO3Si/c1-8-9-19-20(26-27(6,7)22(2,3)4)14-15-21(24)23(19)16-17-10-12-18(25-5)13-11-17/h8,10-13,19-20H,1,9,14-16H2,2-7H3/t19?,20-/m0/s1. The van der Waals surface area contributed by atoms with Gasteiger partial charge in [-0.15, -0.1) is 6.58 Å². The average molecular weight is 390 g/mol. The lowest BCUT2D eigenvalue weighted by molar-refractivity contribution is -0.142. The van der Waals surface area contributed by atoms with Crippen LogP contribution in [0.3, 0.4) is 0 Å². The van der Waals surface area contributed by atoms with E-state index in [1.165, 1.54) is 0 Å². The van der Waals surface area contributed by atoms with Crippen LogP contribution >= 0.6 is 0 Å². The summed E-state index contributed by atoms with van der Waals surface area (Å²) >= 11 is 0. The third kappa shape index (κ3) is 5.23. The summed E-state index contributed by atoms with van der Waals surface area (Å²) in [5.74, 6) is 1.03. The van der Waals surface area contributed by atoms with Crippen molar-refractivity contribution in [1.29, 1.82) is 0 Å². The molecule has 27 heavy (non-hydrogen) atoms. The molecule has 1 amide bonds. The zero-order valence-corrected chi connectivity index (χ0v) is 18.7. The highest BCUT2D eigenvalue weighted by molar-refractivity contribution is 6.74. The molecule has 0 spiro atoms. The van der Waals surface area contributed by atoms with Crippen LogP contribution in [-0.2, 0) is 15.8 Å². The van der Waals surface area contributed by atoms with Gasteiger partial charge in [-0.05, 0) is 48.7 Å². The molecule has 0 saturated carbocycles. The quantitative estimate of drug-likeness (QED) is 0.478. The molecule has 1 aliphatic heterocycles. The Morgan fingerprint density at radius 3 is 2.41 bits per heavy atom. The molecule has 1 aromatic carbocycles. The Kier molecular flexibility index (Phi) is 6.92. The van der Waals surface area contributed by atoms with Crippen molar-refractivity contribution in [1.82, 2.24) is 4.90 Å². The Morgan fingerprint density at radius 2 is 1.89 bits per heavy atom. The molecule has 0 radical (unpaired) electrons. The number of methoxy groups -OCH3 is 1. The van der Waals surface area contributed by atoms with E-state index >= 15 is 0 Å². The average Bonchev–Trinajstić information content (AvgIpc) is 2.60. The molecule has 5 heteroatoms. The van der Waals surface area contributed by atoms with Crippen molar-refractivity contribution in [3.05, 3.63) is 42.5 Å². The minimum absolute atomic E-state index is 0.0416. The smallest absolute Gasteiger partial charge is 0.223 e. The van der Waals surface area contributed by atoms with Crippen molar-refractivity contribution >= 4 is 14.2 Å². The predicted octanol–water partition coefficient (Wildman–Crippen LogP) is 5.15. The second-order valence-corrected chi connectivity index (χ2v) is 13.7. The topological polar surface area (TPSA) is 38.8 Å². The van der Waals surface area contributed by atoms with Gasteiger partial charge in [0.05, 0.1) is 19.3 Å². The van der Waals surface area contributed by atoms with Gasteiger partial charge in [-0.2, -0.15) is 0 Å². The molecule has 1 heterocycles. The lowest BCUT2D eigenvalue weighted by Gasteiger charge is -2.46. The SMILES string of the molecule is C=CCC1[C@@H](O[Si](C)(C)C(C)(C)C)CCC(=O)N1Cc1ccc(OC)cc1. The van der Waals surface area contributed by atoms with Crippen LogP contribution in [0.5, 0.6) is 5.75 Å². The maximum absolute atomic E-state index is 12.7. The maximum atomic E-state index is 12.7. The summed E-state index contributed by atoms with van der Waals surface area (Å²) in [6, 6.07) is 7.97. The Bertz CT molecular complexity index is 649. The third-order valence-electron chi connectivity index (χ3n) is 5.96.